The van der Waals surface area contributed by atoms with E-state index in [1.54, 1.807) is 0 Å². The number of carbonyl (C=O) groups is 9. The molecule has 2 amide bonds. The Morgan fingerprint density at radius 1 is 0.186 bits per heavy atom. The maximum Gasteiger partial charge on any atom is 0.409 e. The number of hydrogen-bond donors (Lipinski definition) is 1. The third-order valence-electron chi connectivity index (χ3n) is 24.9. The summed E-state index contributed by atoms with van der Waals surface area (Å²) in [5, 5.41) is 3.17. The van der Waals surface area contributed by atoms with Gasteiger partial charge in [0, 0.05) is 82.8 Å². The molecule has 1 N–H and O–H groups in total. The van der Waals surface area contributed by atoms with Crippen molar-refractivity contribution in [2.45, 2.75) is 531 Å². The standard InChI is InChI=1S/2C38H74N2O6.C32H63NO4.C6H12ClNO2.CH4/c2*1-5-7-9-11-13-15-17-19-21-23-25-28-36(41)44-34-31-40(38(43)46-33-27-30-39(3)4)32-35-45-37(42)29-26-24-22-20-18-16-14-12-10-8-6-2;1-3-5-7-9-11-13-15-17-19-21-23-25-31(34)36-29-27-33-28-30-37-32(35)26-24-22-20-18-16-14-12-10-8-6-4-2;1-8(2)4-3-5-10-6(7)9;/h2*5-35H2,1-4H3;33H,3-30H2,1-2H3;3-5H2,1-2H3;1H4. The first-order chi connectivity index (χ1) is 67.6. The quantitative estimate of drug-likeness (QED) is 0.0257. The van der Waals surface area contributed by atoms with Gasteiger partial charge in [0.15, 0.2) is 0 Å². The molecule has 0 aliphatic heterocycles. The summed E-state index contributed by atoms with van der Waals surface area (Å²) in [6, 6.07) is 0. The summed E-state index contributed by atoms with van der Waals surface area (Å²) < 4.78 is 47.6. The maximum atomic E-state index is 12.7. The summed E-state index contributed by atoms with van der Waals surface area (Å²) >= 11 is 4.92. The average Bonchev–Trinajstić information content (AvgIpc) is 0.935. The van der Waals surface area contributed by atoms with Crippen molar-refractivity contribution in [2.24, 2.45) is 0 Å². The molecule has 25 heteroatoms. The van der Waals surface area contributed by atoms with Crippen LogP contribution in [0.1, 0.15) is 531 Å². The maximum absolute atomic E-state index is 12.7. The van der Waals surface area contributed by atoms with E-state index < -0.39 is 17.6 Å². The molecule has 0 aliphatic carbocycles. The van der Waals surface area contributed by atoms with Crippen molar-refractivity contribution in [1.29, 1.82) is 0 Å². The fourth-order valence-electron chi connectivity index (χ4n) is 16.1. The number of esters is 6. The van der Waals surface area contributed by atoms with Crippen LogP contribution in [0, 0.1) is 0 Å². The van der Waals surface area contributed by atoms with Crippen LogP contribution in [0.4, 0.5) is 14.4 Å². The molecule has 24 nitrogen and oxygen atoms in total. The van der Waals surface area contributed by atoms with Gasteiger partial charge in [-0.3, -0.25) is 28.8 Å². The Bertz CT molecular complexity index is 2390. The van der Waals surface area contributed by atoms with Crippen molar-refractivity contribution < 1.29 is 85.8 Å². The number of nitrogens with one attached hydrogen (secondary N) is 1. The highest BCUT2D eigenvalue weighted by atomic mass is 35.5. The van der Waals surface area contributed by atoms with Gasteiger partial charge in [0.1, 0.15) is 39.6 Å². The van der Waals surface area contributed by atoms with E-state index in [2.05, 4.69) is 51.6 Å². The Morgan fingerprint density at radius 3 is 0.493 bits per heavy atom. The minimum absolute atomic E-state index is 0. The zero-order chi connectivity index (χ0) is 103. The molecule has 0 fully saturated rings. The molecule has 0 radical (unpaired) electrons. The van der Waals surface area contributed by atoms with Gasteiger partial charge in [0.05, 0.1) is 46.0 Å². The lowest BCUT2D eigenvalue weighted by Crippen LogP contribution is -2.38. The van der Waals surface area contributed by atoms with Gasteiger partial charge in [-0.2, -0.15) is 0 Å². The normalized spacial score (nSPS) is 11.0. The van der Waals surface area contributed by atoms with Crippen molar-refractivity contribution in [3.8, 4) is 0 Å². The van der Waals surface area contributed by atoms with Crippen LogP contribution in [0.15, 0.2) is 0 Å². The lowest BCUT2D eigenvalue weighted by atomic mass is 10.1. The highest BCUT2D eigenvalue weighted by molar-refractivity contribution is 6.61. The molecular weight excluding hydrogens is 1790 g/mol. The first kappa shape index (κ1) is 143. The number of halogens is 1. The fourth-order valence-corrected chi connectivity index (χ4v) is 16.2. The van der Waals surface area contributed by atoms with Gasteiger partial charge in [-0.25, -0.2) is 14.4 Å². The second-order valence-corrected chi connectivity index (χ2v) is 39.9. The smallest absolute Gasteiger partial charge is 0.409 e. The summed E-state index contributed by atoms with van der Waals surface area (Å²) in [6.45, 7) is 20.3. The Morgan fingerprint density at radius 2 is 0.336 bits per heavy atom. The number of hydrogen-bond acceptors (Lipinski definition) is 22. The zero-order valence-electron chi connectivity index (χ0n) is 92.7. The van der Waals surface area contributed by atoms with Gasteiger partial charge in [-0.15, -0.1) is 0 Å². The van der Waals surface area contributed by atoms with Crippen LogP contribution in [0.5, 0.6) is 0 Å². The Kier molecular flexibility index (Phi) is 124. The molecule has 0 heterocycles. The van der Waals surface area contributed by atoms with Gasteiger partial charge in [0.25, 0.3) is 0 Å². The molecule has 0 unspecified atom stereocenters. The average molecular weight is 2020 g/mol. The van der Waals surface area contributed by atoms with Gasteiger partial charge in [0.2, 0.25) is 0 Å². The van der Waals surface area contributed by atoms with E-state index in [0.717, 1.165) is 142 Å². The van der Waals surface area contributed by atoms with Crippen LogP contribution in [0.2, 0.25) is 0 Å². The molecule has 0 bridgehead atoms. The van der Waals surface area contributed by atoms with Crippen molar-refractivity contribution in [3.63, 3.8) is 0 Å². The second kappa shape index (κ2) is 121. The minimum atomic E-state index is -0.723. The summed E-state index contributed by atoms with van der Waals surface area (Å²) in [4.78, 5) is 117. The van der Waals surface area contributed by atoms with Gasteiger partial charge >= 0.3 is 53.4 Å². The highest BCUT2D eigenvalue weighted by Crippen LogP contribution is 2.20. The molecule has 0 aliphatic rings. The van der Waals surface area contributed by atoms with E-state index in [1.165, 1.54) is 331 Å². The number of unbranched alkanes of at least 4 members (excludes halogenated alkanes) is 60. The Labute approximate surface area is 866 Å². The molecular formula is C115H227ClN6O18. The van der Waals surface area contributed by atoms with E-state index >= 15 is 0 Å². The lowest BCUT2D eigenvalue weighted by Gasteiger charge is -2.22. The molecule has 0 saturated carbocycles. The third kappa shape index (κ3) is 125. The number of nitrogens with zero attached hydrogens (tertiary/aromatic N) is 5. The minimum Gasteiger partial charge on any atom is -0.464 e. The number of carbonyl (C=O) groups excluding carboxylic acids is 9. The van der Waals surface area contributed by atoms with E-state index in [0.29, 0.717) is 84.6 Å². The second-order valence-electron chi connectivity index (χ2n) is 39.5. The summed E-state index contributed by atoms with van der Waals surface area (Å²) in [5.74, 6) is -1.11. The summed E-state index contributed by atoms with van der Waals surface area (Å²) in [5.41, 5.74) is -0.723. The number of rotatable bonds is 102. The van der Waals surface area contributed by atoms with E-state index in [1.807, 2.05) is 57.0 Å². The van der Waals surface area contributed by atoms with Crippen LogP contribution >= 0.6 is 11.6 Å². The third-order valence-corrected chi connectivity index (χ3v) is 25.0. The molecule has 0 rings (SSSR count). The molecule has 0 spiro atoms. The predicted octanol–water partition coefficient (Wildman–Crippen LogP) is 30.7. The topological polar surface area (TPSA) is 265 Å². The highest BCUT2D eigenvalue weighted by Gasteiger charge is 2.20. The van der Waals surface area contributed by atoms with Crippen molar-refractivity contribution in [1.82, 2.24) is 29.8 Å². The van der Waals surface area contributed by atoms with Gasteiger partial charge < -0.3 is 72.4 Å². The Hall–Kier alpha value is -5.04. The van der Waals surface area contributed by atoms with E-state index in [9.17, 15) is 43.2 Å². The van der Waals surface area contributed by atoms with Crippen molar-refractivity contribution in [2.75, 3.05) is 161 Å². The molecule has 832 valence electrons. The van der Waals surface area contributed by atoms with Crippen LogP contribution in [0.25, 0.3) is 0 Å². The molecule has 0 aromatic heterocycles. The number of ether oxygens (including phenoxy) is 9. The summed E-state index contributed by atoms with van der Waals surface area (Å²) in [6.07, 6.45) is 86.5. The fraction of sp³-hybridized carbons (Fsp3) is 0.922. The number of amides is 2. The first-order valence-corrected chi connectivity index (χ1v) is 58.3. The van der Waals surface area contributed by atoms with Crippen molar-refractivity contribution >= 4 is 65.0 Å². The Balaban J connectivity index is -0.000000619. The van der Waals surface area contributed by atoms with E-state index in [-0.39, 0.29) is 95.8 Å². The molecule has 0 aromatic rings. The van der Waals surface area contributed by atoms with Crippen LogP contribution in [-0.4, -0.2) is 239 Å². The SMILES string of the molecule is C.CCCCCCCCCCCCCC(=O)OCCN(CCOC(=O)CCCCCCCCCCCCC)C(=O)OCCCN(C)C.CCCCCCCCCCCCCC(=O)OCCN(CCOC(=O)CCCCCCCCCCCCC)C(=O)OCCCN(C)C.CCCCCCCCCCCCCC(=O)OCCNCCOC(=O)CCCCCCCCCCCCC.CN(C)CCCOC(=O)Cl. The van der Waals surface area contributed by atoms with Gasteiger partial charge in [-0.05, 0) is 100 Å². The summed E-state index contributed by atoms with van der Waals surface area (Å²) in [7, 11) is 11.8. The molecule has 0 aromatic carbocycles. The first-order valence-electron chi connectivity index (χ1n) is 57.9. The molecule has 0 atom stereocenters. The van der Waals surface area contributed by atoms with E-state index in [4.69, 9.17) is 49.5 Å². The van der Waals surface area contributed by atoms with Crippen molar-refractivity contribution in [3.05, 3.63) is 0 Å². The largest absolute Gasteiger partial charge is 0.464 e. The monoisotopic (exact) mass is 2020 g/mol. The van der Waals surface area contributed by atoms with Crippen LogP contribution in [-0.2, 0) is 71.4 Å². The van der Waals surface area contributed by atoms with Crippen LogP contribution in [0.3, 0.4) is 0 Å². The molecule has 0 saturated heterocycles. The molecule has 140 heavy (non-hydrogen) atoms. The van der Waals surface area contributed by atoms with Gasteiger partial charge in [-0.1, -0.05) is 434 Å². The van der Waals surface area contributed by atoms with Crippen LogP contribution < -0.4 is 5.32 Å². The zero-order valence-corrected chi connectivity index (χ0v) is 93.5. The lowest BCUT2D eigenvalue weighted by molar-refractivity contribution is -0.146. The predicted molar refractivity (Wildman–Crippen MR) is 584 cm³/mol.